The number of piperidine rings is 1. The lowest BCUT2D eigenvalue weighted by Gasteiger charge is -2.41. The zero-order valence-corrected chi connectivity index (χ0v) is 18.1. The van der Waals surface area contributed by atoms with Crippen LogP contribution >= 0.6 is 0 Å². The minimum absolute atomic E-state index is 0.0336. The molecule has 7 heteroatoms. The Kier molecular flexibility index (Phi) is 6.78. The quantitative estimate of drug-likeness (QED) is 0.749. The van der Waals surface area contributed by atoms with E-state index in [1.807, 2.05) is 42.2 Å². The molecule has 3 rings (SSSR count). The molecule has 0 radical (unpaired) electrons. The van der Waals surface area contributed by atoms with E-state index in [0.29, 0.717) is 38.0 Å². The van der Waals surface area contributed by atoms with Gasteiger partial charge in [-0.2, -0.15) is 4.31 Å². The van der Waals surface area contributed by atoms with Gasteiger partial charge in [-0.1, -0.05) is 44.2 Å². The summed E-state index contributed by atoms with van der Waals surface area (Å²) < 4.78 is 27.0. The summed E-state index contributed by atoms with van der Waals surface area (Å²) >= 11 is 0. The summed E-state index contributed by atoms with van der Waals surface area (Å²) in [5.74, 6) is 1.30. The summed E-state index contributed by atoms with van der Waals surface area (Å²) in [5.41, 5.74) is 0.807. The molecule has 156 valence electrons. The molecule has 0 saturated carbocycles. The number of carbonyl (C=O) groups is 1. The molecule has 28 heavy (non-hydrogen) atoms. The van der Waals surface area contributed by atoms with Crippen LogP contribution in [-0.4, -0.2) is 73.7 Å². The lowest BCUT2D eigenvalue weighted by atomic mass is 9.91. The van der Waals surface area contributed by atoms with E-state index in [0.717, 1.165) is 18.7 Å². The Bertz CT molecular complexity index is 750. The molecular weight excluding hydrogens is 374 g/mol. The average Bonchev–Trinajstić information content (AvgIpc) is 2.66. The molecule has 2 aliphatic heterocycles. The normalized spacial score (nSPS) is 26.2. The monoisotopic (exact) mass is 407 g/mol. The number of rotatable bonds is 5. The summed E-state index contributed by atoms with van der Waals surface area (Å²) in [6.07, 6.45) is 1.18. The maximum Gasteiger partial charge on any atom is 0.239 e. The number of amides is 1. The summed E-state index contributed by atoms with van der Waals surface area (Å²) in [6, 6.07) is 9.09. The van der Waals surface area contributed by atoms with Crippen molar-refractivity contribution < 1.29 is 13.2 Å². The van der Waals surface area contributed by atoms with Gasteiger partial charge in [0.2, 0.25) is 15.9 Å². The van der Waals surface area contributed by atoms with E-state index in [1.165, 1.54) is 6.42 Å². The highest BCUT2D eigenvalue weighted by Crippen LogP contribution is 2.23. The molecule has 0 aliphatic carbocycles. The Morgan fingerprint density at radius 3 is 2.18 bits per heavy atom. The molecule has 6 nitrogen and oxygen atoms in total. The van der Waals surface area contributed by atoms with Crippen molar-refractivity contribution in [3.63, 3.8) is 0 Å². The van der Waals surface area contributed by atoms with Gasteiger partial charge in [0.05, 0.1) is 11.8 Å². The van der Waals surface area contributed by atoms with Crippen LogP contribution in [-0.2, 0) is 20.6 Å². The topological polar surface area (TPSA) is 60.9 Å². The second-order valence-corrected chi connectivity index (χ2v) is 10.5. The third kappa shape index (κ3) is 5.13. The van der Waals surface area contributed by atoms with Crippen LogP contribution < -0.4 is 0 Å². The summed E-state index contributed by atoms with van der Waals surface area (Å²) in [5, 5.41) is 0. The van der Waals surface area contributed by atoms with Gasteiger partial charge in [-0.3, -0.25) is 9.69 Å². The summed E-state index contributed by atoms with van der Waals surface area (Å²) in [6.45, 7) is 10.1. The number of hydrogen-bond donors (Lipinski definition) is 0. The molecule has 2 saturated heterocycles. The third-order valence-electron chi connectivity index (χ3n) is 5.94. The molecule has 1 amide bonds. The molecule has 0 unspecified atom stereocenters. The summed E-state index contributed by atoms with van der Waals surface area (Å²) in [7, 11) is -3.33. The van der Waals surface area contributed by atoms with Gasteiger partial charge in [-0.25, -0.2) is 8.42 Å². The maximum absolute atomic E-state index is 13.0. The van der Waals surface area contributed by atoms with Gasteiger partial charge in [0, 0.05) is 39.3 Å². The molecule has 0 N–H and O–H groups in total. The highest BCUT2D eigenvalue weighted by Gasteiger charge is 2.34. The second-order valence-electron chi connectivity index (χ2n) is 8.54. The maximum atomic E-state index is 13.0. The number of nitrogens with zero attached hydrogens (tertiary/aromatic N) is 3. The number of likely N-dealkylation sites (tertiary alicyclic amines) is 1. The van der Waals surface area contributed by atoms with Crippen LogP contribution in [0.15, 0.2) is 30.3 Å². The number of sulfonamides is 1. The van der Waals surface area contributed by atoms with Crippen LogP contribution in [0.3, 0.4) is 0 Å². The van der Waals surface area contributed by atoms with Crippen LogP contribution in [0.4, 0.5) is 0 Å². The predicted molar refractivity (Wildman–Crippen MR) is 111 cm³/mol. The fourth-order valence-electron chi connectivity index (χ4n) is 4.51. The van der Waals surface area contributed by atoms with Crippen LogP contribution in [0.2, 0.25) is 0 Å². The highest BCUT2D eigenvalue weighted by molar-refractivity contribution is 7.88. The molecular formula is C21H33N3O3S. The van der Waals surface area contributed by atoms with E-state index in [4.69, 9.17) is 0 Å². The fraction of sp³-hybridized carbons (Fsp3) is 0.667. The Labute approximate surface area is 169 Å². The van der Waals surface area contributed by atoms with E-state index < -0.39 is 10.0 Å². The number of carbonyl (C=O) groups excluding carboxylic acids is 1. The van der Waals surface area contributed by atoms with Crippen molar-refractivity contribution in [1.82, 2.24) is 14.1 Å². The first-order valence-electron chi connectivity index (χ1n) is 10.3. The molecule has 2 heterocycles. The van der Waals surface area contributed by atoms with Crippen LogP contribution in [0, 0.1) is 11.8 Å². The van der Waals surface area contributed by atoms with Crippen LogP contribution in [0.25, 0.3) is 0 Å². The van der Waals surface area contributed by atoms with E-state index in [1.54, 1.807) is 4.31 Å². The first-order chi connectivity index (χ1) is 13.3. The van der Waals surface area contributed by atoms with Crippen LogP contribution in [0.5, 0.6) is 0 Å². The van der Waals surface area contributed by atoms with Gasteiger partial charge < -0.3 is 4.90 Å². The van der Waals surface area contributed by atoms with Gasteiger partial charge in [0.1, 0.15) is 0 Å². The Morgan fingerprint density at radius 2 is 1.61 bits per heavy atom. The fourth-order valence-corrected chi connectivity index (χ4v) is 6.02. The largest absolute Gasteiger partial charge is 0.341 e. The molecule has 2 aliphatic rings. The lowest BCUT2D eigenvalue weighted by molar-refractivity contribution is -0.139. The van der Waals surface area contributed by atoms with Gasteiger partial charge in [0.15, 0.2) is 0 Å². The molecule has 0 bridgehead atoms. The standard InChI is InChI=1S/C21H33N3O3S/c1-17-13-18(2)15-23(14-17)21(25)19(3)22-9-11-24(12-10-22)28(26,27)16-20-7-5-4-6-8-20/h4-8,17-19H,9-16H2,1-3H3/t17-,18-,19-/m1/s1. The van der Waals surface area contributed by atoms with Crippen molar-refractivity contribution in [2.75, 3.05) is 39.3 Å². The van der Waals surface area contributed by atoms with Crippen molar-refractivity contribution in [2.24, 2.45) is 11.8 Å². The Balaban J connectivity index is 1.55. The zero-order valence-electron chi connectivity index (χ0n) is 17.3. The van der Waals surface area contributed by atoms with E-state index in [-0.39, 0.29) is 17.7 Å². The van der Waals surface area contributed by atoms with Crippen molar-refractivity contribution in [3.8, 4) is 0 Å². The van der Waals surface area contributed by atoms with Gasteiger partial charge in [-0.05, 0) is 30.7 Å². The third-order valence-corrected chi connectivity index (χ3v) is 7.79. The van der Waals surface area contributed by atoms with Crippen molar-refractivity contribution in [2.45, 2.75) is 39.0 Å². The predicted octanol–water partition coefficient (Wildman–Crippen LogP) is 2.03. The van der Waals surface area contributed by atoms with Crippen LogP contribution in [0.1, 0.15) is 32.8 Å². The van der Waals surface area contributed by atoms with Gasteiger partial charge in [0.25, 0.3) is 0 Å². The Hall–Kier alpha value is -1.44. The molecule has 2 fully saturated rings. The lowest BCUT2D eigenvalue weighted by Crippen LogP contribution is -2.57. The SMILES string of the molecule is C[C@@H]1C[C@@H](C)CN(C(=O)[C@@H](C)N2CCN(S(=O)(=O)Cc3ccccc3)CC2)C1. The van der Waals surface area contributed by atoms with Gasteiger partial charge >= 0.3 is 0 Å². The number of piperazine rings is 1. The number of benzene rings is 1. The van der Waals surface area contributed by atoms with Crippen molar-refractivity contribution >= 4 is 15.9 Å². The molecule has 1 aromatic carbocycles. The van der Waals surface area contributed by atoms with E-state index in [2.05, 4.69) is 18.7 Å². The minimum Gasteiger partial charge on any atom is -0.341 e. The zero-order chi connectivity index (χ0) is 20.3. The summed E-state index contributed by atoms with van der Waals surface area (Å²) in [4.78, 5) is 17.1. The second kappa shape index (κ2) is 8.93. The Morgan fingerprint density at radius 1 is 1.04 bits per heavy atom. The average molecular weight is 408 g/mol. The van der Waals surface area contributed by atoms with E-state index >= 15 is 0 Å². The van der Waals surface area contributed by atoms with Crippen molar-refractivity contribution in [3.05, 3.63) is 35.9 Å². The first-order valence-corrected chi connectivity index (χ1v) is 11.9. The highest BCUT2D eigenvalue weighted by atomic mass is 32.2. The van der Waals surface area contributed by atoms with Crippen molar-refractivity contribution in [1.29, 1.82) is 0 Å². The smallest absolute Gasteiger partial charge is 0.239 e. The molecule has 1 aromatic rings. The molecule has 3 atom stereocenters. The molecule has 0 aromatic heterocycles. The van der Waals surface area contributed by atoms with Gasteiger partial charge in [-0.15, -0.1) is 0 Å². The minimum atomic E-state index is -3.33. The van der Waals surface area contributed by atoms with E-state index in [9.17, 15) is 13.2 Å². The molecule has 0 spiro atoms. The number of hydrogen-bond acceptors (Lipinski definition) is 4. The first kappa shape index (κ1) is 21.3.